The van der Waals surface area contributed by atoms with Crippen molar-refractivity contribution in [2.45, 2.75) is 45.6 Å². The molecule has 0 spiro atoms. The van der Waals surface area contributed by atoms with Crippen molar-refractivity contribution < 1.29 is 14.3 Å². The van der Waals surface area contributed by atoms with Gasteiger partial charge in [0, 0.05) is 25.3 Å². The monoisotopic (exact) mass is 394 g/mol. The molecule has 0 aliphatic carbocycles. The van der Waals surface area contributed by atoms with E-state index < -0.39 is 0 Å². The van der Waals surface area contributed by atoms with E-state index in [1.807, 2.05) is 62.4 Å². The SMILES string of the molecule is Cc1cccc(NC(=O)CN(CC2CCCO2)C(=O)CCc2ccccc2)c1C. The predicted molar refractivity (Wildman–Crippen MR) is 115 cm³/mol. The lowest BCUT2D eigenvalue weighted by Crippen LogP contribution is -2.42. The molecule has 5 nitrogen and oxygen atoms in total. The van der Waals surface area contributed by atoms with Crippen molar-refractivity contribution in [2.24, 2.45) is 0 Å². The highest BCUT2D eigenvalue weighted by Gasteiger charge is 2.24. The molecule has 2 aromatic rings. The van der Waals surface area contributed by atoms with Gasteiger partial charge in [0.2, 0.25) is 11.8 Å². The van der Waals surface area contributed by atoms with Crippen molar-refractivity contribution in [3.63, 3.8) is 0 Å². The van der Waals surface area contributed by atoms with Crippen molar-refractivity contribution in [2.75, 3.05) is 25.0 Å². The molecule has 29 heavy (non-hydrogen) atoms. The number of carbonyl (C=O) groups excluding carboxylic acids is 2. The number of benzene rings is 2. The van der Waals surface area contributed by atoms with Crippen LogP contribution in [0.25, 0.3) is 0 Å². The highest BCUT2D eigenvalue weighted by Crippen LogP contribution is 2.19. The fourth-order valence-corrected chi connectivity index (χ4v) is 3.59. The summed E-state index contributed by atoms with van der Waals surface area (Å²) in [4.78, 5) is 27.2. The first-order chi connectivity index (χ1) is 14.0. The van der Waals surface area contributed by atoms with Crippen LogP contribution < -0.4 is 5.32 Å². The third-order valence-corrected chi connectivity index (χ3v) is 5.48. The van der Waals surface area contributed by atoms with Gasteiger partial charge >= 0.3 is 0 Å². The average molecular weight is 395 g/mol. The zero-order chi connectivity index (χ0) is 20.6. The van der Waals surface area contributed by atoms with Crippen LogP contribution in [-0.2, 0) is 20.7 Å². The van der Waals surface area contributed by atoms with Gasteiger partial charge in [-0.05, 0) is 55.9 Å². The Labute approximate surface area is 173 Å². The van der Waals surface area contributed by atoms with E-state index >= 15 is 0 Å². The summed E-state index contributed by atoms with van der Waals surface area (Å²) in [5.41, 5.74) is 4.08. The zero-order valence-corrected chi connectivity index (χ0v) is 17.3. The fraction of sp³-hybridized carbons (Fsp3) is 0.417. The minimum absolute atomic E-state index is 0.0135. The second-order valence-electron chi connectivity index (χ2n) is 7.69. The molecule has 0 radical (unpaired) electrons. The predicted octanol–water partition coefficient (Wildman–Crippen LogP) is 3.88. The van der Waals surface area contributed by atoms with Crippen molar-refractivity contribution >= 4 is 17.5 Å². The molecular formula is C24H30N2O3. The normalized spacial score (nSPS) is 15.9. The van der Waals surface area contributed by atoms with E-state index in [2.05, 4.69) is 5.32 Å². The third kappa shape index (κ3) is 6.16. The molecule has 0 aromatic heterocycles. The van der Waals surface area contributed by atoms with E-state index in [1.165, 1.54) is 0 Å². The lowest BCUT2D eigenvalue weighted by molar-refractivity contribution is -0.136. The Kier molecular flexibility index (Phi) is 7.42. The van der Waals surface area contributed by atoms with Gasteiger partial charge in [-0.1, -0.05) is 42.5 Å². The molecule has 1 aliphatic rings. The van der Waals surface area contributed by atoms with Gasteiger partial charge < -0.3 is 15.0 Å². The third-order valence-electron chi connectivity index (χ3n) is 5.48. The van der Waals surface area contributed by atoms with Gasteiger partial charge in [0.05, 0.1) is 12.6 Å². The maximum absolute atomic E-state index is 12.9. The number of rotatable bonds is 8. The zero-order valence-electron chi connectivity index (χ0n) is 17.3. The molecule has 0 bridgehead atoms. The largest absolute Gasteiger partial charge is 0.376 e. The lowest BCUT2D eigenvalue weighted by atomic mass is 10.1. The van der Waals surface area contributed by atoms with Crippen molar-refractivity contribution in [1.82, 2.24) is 4.90 Å². The van der Waals surface area contributed by atoms with Crippen LogP contribution in [0.2, 0.25) is 0 Å². The molecule has 2 aromatic carbocycles. The highest BCUT2D eigenvalue weighted by molar-refractivity contribution is 5.95. The Balaban J connectivity index is 1.63. The molecule has 1 atom stereocenters. The number of hydrogen-bond acceptors (Lipinski definition) is 3. The molecule has 1 heterocycles. The summed E-state index contributed by atoms with van der Waals surface area (Å²) < 4.78 is 5.71. The Morgan fingerprint density at radius 3 is 2.62 bits per heavy atom. The average Bonchev–Trinajstić information content (AvgIpc) is 3.23. The van der Waals surface area contributed by atoms with Gasteiger partial charge in [0.25, 0.3) is 0 Å². The number of carbonyl (C=O) groups is 2. The van der Waals surface area contributed by atoms with Crippen LogP contribution in [0, 0.1) is 13.8 Å². The minimum Gasteiger partial charge on any atom is -0.376 e. The Morgan fingerprint density at radius 1 is 1.10 bits per heavy atom. The van der Waals surface area contributed by atoms with Crippen molar-refractivity contribution in [3.8, 4) is 0 Å². The number of hydrogen-bond donors (Lipinski definition) is 1. The van der Waals surface area contributed by atoms with Crippen LogP contribution in [0.5, 0.6) is 0 Å². The number of amides is 2. The second kappa shape index (κ2) is 10.2. The van der Waals surface area contributed by atoms with Gasteiger partial charge in [0.1, 0.15) is 0 Å². The molecule has 1 aliphatic heterocycles. The van der Waals surface area contributed by atoms with Crippen LogP contribution in [0.1, 0.15) is 36.0 Å². The van der Waals surface area contributed by atoms with Crippen LogP contribution in [0.15, 0.2) is 48.5 Å². The standard InChI is InChI=1S/C24H30N2O3/c1-18-8-6-12-22(19(18)2)25-23(27)17-26(16-21-11-7-15-29-21)24(28)14-13-20-9-4-3-5-10-20/h3-6,8-10,12,21H,7,11,13-17H2,1-2H3,(H,25,27). The van der Waals surface area contributed by atoms with Gasteiger partial charge in [-0.15, -0.1) is 0 Å². The summed E-state index contributed by atoms with van der Waals surface area (Å²) in [6.45, 7) is 5.24. The molecule has 3 rings (SSSR count). The first-order valence-corrected chi connectivity index (χ1v) is 10.3. The van der Waals surface area contributed by atoms with Gasteiger partial charge in [-0.3, -0.25) is 9.59 Å². The molecule has 5 heteroatoms. The van der Waals surface area contributed by atoms with Crippen LogP contribution in [0.3, 0.4) is 0 Å². The molecule has 1 N–H and O–H groups in total. The number of nitrogens with one attached hydrogen (secondary N) is 1. The quantitative estimate of drug-likeness (QED) is 0.739. The van der Waals surface area contributed by atoms with E-state index in [-0.39, 0.29) is 24.5 Å². The molecule has 2 amide bonds. The summed E-state index contributed by atoms with van der Waals surface area (Å²) in [7, 11) is 0. The summed E-state index contributed by atoms with van der Waals surface area (Å²) in [6, 6.07) is 15.8. The lowest BCUT2D eigenvalue weighted by Gasteiger charge is -2.25. The van der Waals surface area contributed by atoms with E-state index in [0.29, 0.717) is 19.4 Å². The van der Waals surface area contributed by atoms with E-state index in [0.717, 1.165) is 41.8 Å². The van der Waals surface area contributed by atoms with Crippen molar-refractivity contribution in [1.29, 1.82) is 0 Å². The minimum atomic E-state index is -0.176. The molecule has 154 valence electrons. The van der Waals surface area contributed by atoms with Gasteiger partial charge in [-0.25, -0.2) is 0 Å². The molecule has 1 fully saturated rings. The Morgan fingerprint density at radius 2 is 1.90 bits per heavy atom. The molecule has 0 saturated carbocycles. The van der Waals surface area contributed by atoms with E-state index in [9.17, 15) is 9.59 Å². The molecule has 1 saturated heterocycles. The highest BCUT2D eigenvalue weighted by atomic mass is 16.5. The molecular weight excluding hydrogens is 364 g/mol. The Hall–Kier alpha value is -2.66. The van der Waals surface area contributed by atoms with Crippen molar-refractivity contribution in [3.05, 3.63) is 65.2 Å². The van der Waals surface area contributed by atoms with E-state index in [4.69, 9.17) is 4.74 Å². The van der Waals surface area contributed by atoms with Gasteiger partial charge in [-0.2, -0.15) is 0 Å². The second-order valence-corrected chi connectivity index (χ2v) is 7.69. The first kappa shape index (κ1) is 21.1. The molecule has 1 unspecified atom stereocenters. The summed E-state index contributed by atoms with van der Waals surface area (Å²) >= 11 is 0. The number of anilines is 1. The maximum Gasteiger partial charge on any atom is 0.244 e. The van der Waals surface area contributed by atoms with Crippen LogP contribution in [-0.4, -0.2) is 42.5 Å². The van der Waals surface area contributed by atoms with Crippen LogP contribution >= 0.6 is 0 Å². The summed E-state index contributed by atoms with van der Waals surface area (Å²) in [5, 5.41) is 2.96. The Bertz CT molecular complexity index is 829. The number of ether oxygens (including phenoxy) is 1. The first-order valence-electron chi connectivity index (χ1n) is 10.3. The summed E-state index contributed by atoms with van der Waals surface area (Å²) in [5.74, 6) is -0.190. The fourth-order valence-electron chi connectivity index (χ4n) is 3.59. The topological polar surface area (TPSA) is 58.6 Å². The summed E-state index contributed by atoms with van der Waals surface area (Å²) in [6.07, 6.45) is 3.00. The van der Waals surface area contributed by atoms with Gasteiger partial charge in [0.15, 0.2) is 0 Å². The van der Waals surface area contributed by atoms with Crippen LogP contribution in [0.4, 0.5) is 5.69 Å². The maximum atomic E-state index is 12.9. The number of aryl methyl sites for hydroxylation is 2. The smallest absolute Gasteiger partial charge is 0.244 e. The number of nitrogens with zero attached hydrogens (tertiary/aromatic N) is 1. The van der Waals surface area contributed by atoms with E-state index in [1.54, 1.807) is 4.90 Å².